The molecule has 4 rings (SSSR count). The molecule has 0 N–H and O–H groups in total. The van der Waals surface area contributed by atoms with Crippen LogP contribution in [0.1, 0.15) is 44.2 Å². The van der Waals surface area contributed by atoms with Crippen LogP contribution in [0.25, 0.3) is 10.9 Å². The summed E-state index contributed by atoms with van der Waals surface area (Å²) in [4.78, 5) is 32.8. The first-order chi connectivity index (χ1) is 16.3. The average molecular weight is 453 g/mol. The van der Waals surface area contributed by atoms with Crippen molar-refractivity contribution < 1.29 is 14.3 Å². The summed E-state index contributed by atoms with van der Waals surface area (Å²) in [5, 5.41) is 0.837. The van der Waals surface area contributed by atoms with Gasteiger partial charge < -0.3 is 4.74 Å². The Morgan fingerprint density at radius 1 is 0.824 bits per heavy atom. The summed E-state index contributed by atoms with van der Waals surface area (Å²) in [6, 6.07) is 28.9. The summed E-state index contributed by atoms with van der Waals surface area (Å²) in [7, 11) is 0. The highest BCUT2D eigenvalue weighted by Gasteiger charge is 2.32. The van der Waals surface area contributed by atoms with Gasteiger partial charge in [-0.2, -0.15) is 0 Å². The highest BCUT2D eigenvalue weighted by Crippen LogP contribution is 2.32. The number of hydrogen-bond acceptors (Lipinski definition) is 4. The molecule has 1 aromatic heterocycles. The van der Waals surface area contributed by atoms with E-state index in [2.05, 4.69) is 4.98 Å². The van der Waals surface area contributed by atoms with Crippen LogP contribution in [0.3, 0.4) is 0 Å². The van der Waals surface area contributed by atoms with Crippen LogP contribution in [0, 0.1) is 0 Å². The topological polar surface area (TPSA) is 59.5 Å². The summed E-state index contributed by atoms with van der Waals surface area (Å²) in [6.07, 6.45) is 1.03. The lowest BCUT2D eigenvalue weighted by Crippen LogP contribution is -2.41. The molecule has 0 aliphatic rings. The zero-order valence-corrected chi connectivity index (χ0v) is 19.6. The molecule has 0 fully saturated rings. The minimum Gasteiger partial charge on any atom is -0.443 e. The normalized spacial score (nSPS) is 11.4. The second-order valence-corrected chi connectivity index (χ2v) is 9.14. The van der Waals surface area contributed by atoms with Gasteiger partial charge in [0.1, 0.15) is 5.60 Å². The molecule has 5 heteroatoms. The lowest BCUT2D eigenvalue weighted by atomic mass is 9.88. The van der Waals surface area contributed by atoms with Gasteiger partial charge in [-0.3, -0.25) is 9.78 Å². The van der Waals surface area contributed by atoms with Crippen molar-refractivity contribution in [1.82, 2.24) is 4.98 Å². The molecule has 172 valence electrons. The fraction of sp³-hybridized carbons (Fsp3) is 0.207. The molecule has 0 atom stereocenters. The molecule has 5 nitrogen and oxygen atoms in total. The number of pyridine rings is 1. The average Bonchev–Trinajstić information content (AvgIpc) is 2.83. The molecular formula is C29H28N2O3. The van der Waals surface area contributed by atoms with Gasteiger partial charge in [-0.05, 0) is 44.0 Å². The maximum atomic E-state index is 13.9. The Hall–Kier alpha value is -3.99. The van der Waals surface area contributed by atoms with Crippen molar-refractivity contribution in [3.8, 4) is 0 Å². The molecule has 0 aliphatic carbocycles. The molecule has 0 unspecified atom stereocenters. The van der Waals surface area contributed by atoms with Gasteiger partial charge in [0.2, 0.25) is 5.91 Å². The van der Waals surface area contributed by atoms with E-state index in [9.17, 15) is 9.59 Å². The smallest absolute Gasteiger partial charge is 0.421 e. The predicted octanol–water partition coefficient (Wildman–Crippen LogP) is 6.73. The summed E-state index contributed by atoms with van der Waals surface area (Å²) in [5.74, 6) is -0.576. The number of imide groups is 1. The van der Waals surface area contributed by atoms with Gasteiger partial charge in [0.25, 0.3) is 0 Å². The lowest BCUT2D eigenvalue weighted by Gasteiger charge is -2.28. The number of ether oxygens (including phenoxy) is 1. The molecule has 0 radical (unpaired) electrons. The van der Waals surface area contributed by atoms with Crippen LogP contribution in [0.4, 0.5) is 10.5 Å². The van der Waals surface area contributed by atoms with Crippen molar-refractivity contribution in [2.24, 2.45) is 0 Å². The van der Waals surface area contributed by atoms with E-state index in [0.29, 0.717) is 11.2 Å². The molecule has 4 aromatic rings. The number of rotatable bonds is 5. The predicted molar refractivity (Wildman–Crippen MR) is 135 cm³/mol. The van der Waals surface area contributed by atoms with Crippen molar-refractivity contribution >= 4 is 28.6 Å². The largest absolute Gasteiger partial charge is 0.443 e. The van der Waals surface area contributed by atoms with Crippen molar-refractivity contribution in [2.45, 2.75) is 38.7 Å². The Morgan fingerprint density at radius 2 is 1.41 bits per heavy atom. The van der Waals surface area contributed by atoms with E-state index in [1.54, 1.807) is 33.0 Å². The molecule has 2 amide bonds. The number of nitrogens with zero attached hydrogens (tertiary/aromatic N) is 2. The van der Waals surface area contributed by atoms with Crippen molar-refractivity contribution in [1.29, 1.82) is 0 Å². The van der Waals surface area contributed by atoms with Gasteiger partial charge in [0.05, 0.1) is 11.2 Å². The minimum atomic E-state index is -0.758. The van der Waals surface area contributed by atoms with Crippen LogP contribution in [0.2, 0.25) is 0 Å². The van der Waals surface area contributed by atoms with Gasteiger partial charge >= 0.3 is 6.09 Å². The molecule has 3 aromatic carbocycles. The number of hydrogen-bond donors (Lipinski definition) is 0. The Morgan fingerprint density at radius 3 is 2.00 bits per heavy atom. The van der Waals surface area contributed by atoms with Crippen molar-refractivity contribution in [3.05, 3.63) is 108 Å². The quantitative estimate of drug-likeness (QED) is 0.337. The standard InChI is InChI=1S/C29H28N2O3/c1-29(2,3)34-28(33)31(25-18-10-16-23-17-11-19-30-27(23)25)26(32)20-24(21-12-6-4-7-13-21)22-14-8-5-9-15-22/h4-19,24H,20H2,1-3H3. The molecule has 0 bridgehead atoms. The van der Waals surface area contributed by atoms with Crippen LogP contribution in [0.5, 0.6) is 0 Å². The first-order valence-electron chi connectivity index (χ1n) is 11.3. The third-order valence-corrected chi connectivity index (χ3v) is 5.46. The maximum Gasteiger partial charge on any atom is 0.421 e. The Kier molecular flexibility index (Phi) is 6.73. The zero-order valence-electron chi connectivity index (χ0n) is 19.6. The second-order valence-electron chi connectivity index (χ2n) is 9.14. The number of benzene rings is 3. The molecule has 34 heavy (non-hydrogen) atoms. The Labute approximate surface area is 200 Å². The summed E-state index contributed by atoms with van der Waals surface area (Å²) < 4.78 is 5.66. The summed E-state index contributed by atoms with van der Waals surface area (Å²) >= 11 is 0. The van der Waals surface area contributed by atoms with Crippen LogP contribution in [0.15, 0.2) is 97.2 Å². The number of fused-ring (bicyclic) bond motifs is 1. The Bertz CT molecular complexity index is 1240. The van der Waals surface area contributed by atoms with Gasteiger partial charge in [-0.15, -0.1) is 0 Å². The minimum absolute atomic E-state index is 0.0937. The van der Waals surface area contributed by atoms with Crippen LogP contribution in [-0.4, -0.2) is 22.6 Å². The number of aromatic nitrogens is 1. The highest BCUT2D eigenvalue weighted by molar-refractivity contribution is 6.16. The molecule has 1 heterocycles. The fourth-order valence-electron chi connectivity index (χ4n) is 3.98. The summed E-state index contributed by atoms with van der Waals surface area (Å²) in [6.45, 7) is 5.35. The first kappa shape index (κ1) is 23.2. The van der Waals surface area contributed by atoms with E-state index in [0.717, 1.165) is 21.4 Å². The third-order valence-electron chi connectivity index (χ3n) is 5.46. The van der Waals surface area contributed by atoms with E-state index in [4.69, 9.17) is 4.74 Å². The highest BCUT2D eigenvalue weighted by atomic mass is 16.6. The zero-order chi connectivity index (χ0) is 24.1. The van der Waals surface area contributed by atoms with E-state index in [1.165, 1.54) is 0 Å². The van der Waals surface area contributed by atoms with Gasteiger partial charge in [0.15, 0.2) is 0 Å². The lowest BCUT2D eigenvalue weighted by molar-refractivity contribution is -0.118. The van der Waals surface area contributed by atoms with Gasteiger partial charge in [-0.25, -0.2) is 9.69 Å². The van der Waals surface area contributed by atoms with E-state index in [1.807, 2.05) is 84.9 Å². The molecular weight excluding hydrogens is 424 g/mol. The van der Waals surface area contributed by atoms with E-state index in [-0.39, 0.29) is 18.2 Å². The monoisotopic (exact) mass is 452 g/mol. The number of para-hydroxylation sites is 1. The van der Waals surface area contributed by atoms with Crippen LogP contribution < -0.4 is 4.90 Å². The fourth-order valence-corrected chi connectivity index (χ4v) is 3.98. The molecule has 0 aliphatic heterocycles. The SMILES string of the molecule is CC(C)(C)OC(=O)N(C(=O)CC(c1ccccc1)c1ccccc1)c1cccc2cccnc12. The molecule has 0 saturated carbocycles. The van der Waals surface area contributed by atoms with Crippen LogP contribution >= 0.6 is 0 Å². The number of carbonyl (C=O) groups is 2. The van der Waals surface area contributed by atoms with E-state index >= 15 is 0 Å². The first-order valence-corrected chi connectivity index (χ1v) is 11.3. The van der Waals surface area contributed by atoms with Crippen LogP contribution in [-0.2, 0) is 9.53 Å². The second kappa shape index (κ2) is 9.87. The number of amides is 2. The third kappa shape index (κ3) is 5.31. The van der Waals surface area contributed by atoms with E-state index < -0.39 is 11.7 Å². The van der Waals surface area contributed by atoms with Crippen molar-refractivity contribution in [2.75, 3.05) is 4.90 Å². The van der Waals surface area contributed by atoms with Gasteiger partial charge in [0, 0.05) is 23.9 Å². The summed E-state index contributed by atoms with van der Waals surface area (Å²) in [5.41, 5.74) is 2.23. The number of anilines is 1. The maximum absolute atomic E-state index is 13.9. The molecule has 0 spiro atoms. The number of carbonyl (C=O) groups excluding carboxylic acids is 2. The Balaban J connectivity index is 1.77. The van der Waals surface area contributed by atoms with Gasteiger partial charge in [-0.1, -0.05) is 78.9 Å². The van der Waals surface area contributed by atoms with Crippen molar-refractivity contribution in [3.63, 3.8) is 0 Å². The molecule has 0 saturated heterocycles.